The van der Waals surface area contributed by atoms with Gasteiger partial charge >= 0.3 is 5.97 Å². The summed E-state index contributed by atoms with van der Waals surface area (Å²) in [6, 6.07) is 7.98. The summed E-state index contributed by atoms with van der Waals surface area (Å²) in [5.74, 6) is -0.682. The fourth-order valence-corrected chi connectivity index (χ4v) is 3.51. The molecule has 0 amide bonds. The van der Waals surface area contributed by atoms with Crippen molar-refractivity contribution in [3.8, 4) is 0 Å². The van der Waals surface area contributed by atoms with Crippen LogP contribution in [0.15, 0.2) is 30.5 Å². The number of hydrogen-bond donors (Lipinski definition) is 1. The Morgan fingerprint density at radius 2 is 2.18 bits per heavy atom. The molecule has 1 aromatic carbocycles. The zero-order valence-electron chi connectivity index (χ0n) is 12.8. The molecule has 0 radical (unpaired) electrons. The number of aliphatic carboxylic acids is 1. The maximum Gasteiger partial charge on any atom is 0.310 e. The summed E-state index contributed by atoms with van der Waals surface area (Å²) in [6.45, 7) is 5.20. The van der Waals surface area contributed by atoms with Gasteiger partial charge in [-0.25, -0.2) is 0 Å². The summed E-state index contributed by atoms with van der Waals surface area (Å²) in [5.41, 5.74) is 0.562. The minimum atomic E-state index is -0.682. The first-order chi connectivity index (χ1) is 10.5. The molecule has 2 heterocycles. The molecule has 0 bridgehead atoms. The molecular weight excluding hydrogens is 300 g/mol. The molecule has 2 aromatic rings. The molecule has 1 aliphatic rings. The standard InChI is InChI=1S/C17H21ClN2O2/c1-17(16(21)22)6-2-7-19(12-17)9-10-20-8-5-13-11-14(18)3-4-15(13)20/h3-5,8,11H,2,6-7,9-10,12H2,1H3,(H,21,22). The average Bonchev–Trinajstić information content (AvgIpc) is 2.87. The van der Waals surface area contributed by atoms with E-state index in [0.29, 0.717) is 6.54 Å². The SMILES string of the molecule is CC1(C(=O)O)CCCN(CCn2ccc3cc(Cl)ccc32)C1. The molecule has 22 heavy (non-hydrogen) atoms. The highest BCUT2D eigenvalue weighted by molar-refractivity contribution is 6.31. The zero-order chi connectivity index (χ0) is 15.7. The van der Waals surface area contributed by atoms with Crippen LogP contribution < -0.4 is 0 Å². The Hall–Kier alpha value is -1.52. The normalized spacial score (nSPS) is 23.0. The van der Waals surface area contributed by atoms with E-state index < -0.39 is 11.4 Å². The quantitative estimate of drug-likeness (QED) is 0.938. The van der Waals surface area contributed by atoms with Crippen molar-refractivity contribution in [1.82, 2.24) is 9.47 Å². The minimum Gasteiger partial charge on any atom is -0.481 e. The molecule has 0 aliphatic carbocycles. The number of rotatable bonds is 4. The first kappa shape index (κ1) is 15.4. The van der Waals surface area contributed by atoms with E-state index >= 15 is 0 Å². The van der Waals surface area contributed by atoms with Crippen LogP contribution in [0, 0.1) is 5.41 Å². The van der Waals surface area contributed by atoms with Crippen molar-refractivity contribution in [1.29, 1.82) is 0 Å². The van der Waals surface area contributed by atoms with Crippen molar-refractivity contribution in [3.63, 3.8) is 0 Å². The number of aromatic nitrogens is 1. The van der Waals surface area contributed by atoms with Crippen LogP contribution in [0.3, 0.4) is 0 Å². The Morgan fingerprint density at radius 3 is 2.95 bits per heavy atom. The minimum absolute atomic E-state index is 0.607. The Labute approximate surface area is 135 Å². The highest BCUT2D eigenvalue weighted by Crippen LogP contribution is 2.29. The highest BCUT2D eigenvalue weighted by Gasteiger charge is 2.37. The van der Waals surface area contributed by atoms with E-state index in [0.717, 1.165) is 42.9 Å². The van der Waals surface area contributed by atoms with Crippen LogP contribution in [0.5, 0.6) is 0 Å². The first-order valence-electron chi connectivity index (χ1n) is 7.68. The number of carbonyl (C=O) groups is 1. The zero-order valence-corrected chi connectivity index (χ0v) is 13.5. The summed E-state index contributed by atoms with van der Waals surface area (Å²) in [5, 5.41) is 11.3. The maximum atomic E-state index is 11.4. The van der Waals surface area contributed by atoms with Crippen LogP contribution in [-0.2, 0) is 11.3 Å². The number of nitrogens with zero attached hydrogens (tertiary/aromatic N) is 2. The monoisotopic (exact) mass is 320 g/mol. The molecule has 1 saturated heterocycles. The largest absolute Gasteiger partial charge is 0.481 e. The fourth-order valence-electron chi connectivity index (χ4n) is 3.33. The third-order valence-electron chi connectivity index (χ3n) is 4.68. The highest BCUT2D eigenvalue weighted by atomic mass is 35.5. The van der Waals surface area contributed by atoms with E-state index in [1.54, 1.807) is 0 Å². The van der Waals surface area contributed by atoms with E-state index in [1.807, 2.05) is 25.1 Å². The molecule has 1 aromatic heterocycles. The Kier molecular flexibility index (Phi) is 4.15. The predicted octanol–water partition coefficient (Wildman–Crippen LogP) is 3.48. The van der Waals surface area contributed by atoms with E-state index in [9.17, 15) is 9.90 Å². The molecule has 1 atom stereocenters. The van der Waals surface area contributed by atoms with Crippen LogP contribution >= 0.6 is 11.6 Å². The molecule has 5 heteroatoms. The van der Waals surface area contributed by atoms with Crippen LogP contribution in [0.25, 0.3) is 10.9 Å². The Balaban J connectivity index is 1.68. The molecule has 1 N–H and O–H groups in total. The fraction of sp³-hybridized carbons (Fsp3) is 0.471. The number of likely N-dealkylation sites (tertiary alicyclic amines) is 1. The molecule has 1 aliphatic heterocycles. The number of benzene rings is 1. The van der Waals surface area contributed by atoms with Crippen LogP contribution in [0.1, 0.15) is 19.8 Å². The molecule has 1 fully saturated rings. The number of carboxylic acid groups (broad SMARTS) is 1. The van der Waals surface area contributed by atoms with Crippen LogP contribution in [0.2, 0.25) is 5.02 Å². The first-order valence-corrected chi connectivity index (χ1v) is 8.06. The van der Waals surface area contributed by atoms with E-state index in [1.165, 1.54) is 5.52 Å². The van der Waals surface area contributed by atoms with Gasteiger partial charge in [0.1, 0.15) is 0 Å². The van der Waals surface area contributed by atoms with Gasteiger partial charge in [-0.05, 0) is 50.6 Å². The van der Waals surface area contributed by atoms with Gasteiger partial charge in [-0.15, -0.1) is 0 Å². The Morgan fingerprint density at radius 1 is 1.36 bits per heavy atom. The summed E-state index contributed by atoms with van der Waals surface area (Å²) in [4.78, 5) is 13.7. The number of fused-ring (bicyclic) bond motifs is 1. The lowest BCUT2D eigenvalue weighted by Crippen LogP contribution is -2.46. The van der Waals surface area contributed by atoms with Crippen LogP contribution in [0.4, 0.5) is 0 Å². The molecule has 4 nitrogen and oxygen atoms in total. The molecule has 0 saturated carbocycles. The molecule has 0 spiro atoms. The predicted molar refractivity (Wildman–Crippen MR) is 88.4 cm³/mol. The Bertz CT molecular complexity index is 697. The molecule has 1 unspecified atom stereocenters. The topological polar surface area (TPSA) is 45.5 Å². The van der Waals surface area contributed by atoms with Gasteiger partial charge in [0.15, 0.2) is 0 Å². The lowest BCUT2D eigenvalue weighted by Gasteiger charge is -2.37. The van der Waals surface area contributed by atoms with Crippen molar-refractivity contribution >= 4 is 28.5 Å². The van der Waals surface area contributed by atoms with Gasteiger partial charge < -0.3 is 14.6 Å². The van der Waals surface area contributed by atoms with Gasteiger partial charge in [-0.1, -0.05) is 11.6 Å². The van der Waals surface area contributed by atoms with E-state index in [4.69, 9.17) is 11.6 Å². The van der Waals surface area contributed by atoms with Gasteiger partial charge in [0.05, 0.1) is 5.41 Å². The summed E-state index contributed by atoms with van der Waals surface area (Å²) in [7, 11) is 0. The molecule has 118 valence electrons. The van der Waals surface area contributed by atoms with Crippen molar-refractivity contribution in [3.05, 3.63) is 35.5 Å². The third-order valence-corrected chi connectivity index (χ3v) is 4.92. The third kappa shape index (κ3) is 2.99. The lowest BCUT2D eigenvalue weighted by atomic mass is 9.82. The maximum absolute atomic E-state index is 11.4. The van der Waals surface area contributed by atoms with E-state index in [-0.39, 0.29) is 0 Å². The van der Waals surface area contributed by atoms with Gasteiger partial charge in [-0.2, -0.15) is 0 Å². The summed E-state index contributed by atoms with van der Waals surface area (Å²) >= 11 is 6.01. The van der Waals surface area contributed by atoms with Gasteiger partial charge in [0.25, 0.3) is 0 Å². The summed E-state index contributed by atoms with van der Waals surface area (Å²) in [6.07, 6.45) is 3.79. The number of hydrogen-bond acceptors (Lipinski definition) is 2. The van der Waals surface area contributed by atoms with Gasteiger partial charge in [-0.3, -0.25) is 4.79 Å². The molecular formula is C17H21ClN2O2. The van der Waals surface area contributed by atoms with Crippen molar-refractivity contribution in [2.45, 2.75) is 26.3 Å². The van der Waals surface area contributed by atoms with Crippen molar-refractivity contribution in [2.75, 3.05) is 19.6 Å². The van der Waals surface area contributed by atoms with Gasteiger partial charge in [0, 0.05) is 41.8 Å². The second-order valence-corrected chi connectivity index (χ2v) is 6.89. The number of piperidine rings is 1. The average molecular weight is 321 g/mol. The lowest BCUT2D eigenvalue weighted by molar-refractivity contribution is -0.151. The van der Waals surface area contributed by atoms with Crippen molar-refractivity contribution < 1.29 is 9.90 Å². The van der Waals surface area contributed by atoms with Gasteiger partial charge in [0.2, 0.25) is 0 Å². The van der Waals surface area contributed by atoms with Crippen molar-refractivity contribution in [2.24, 2.45) is 5.41 Å². The summed E-state index contributed by atoms with van der Waals surface area (Å²) < 4.78 is 2.21. The smallest absolute Gasteiger partial charge is 0.310 e. The molecule has 3 rings (SSSR count). The number of halogens is 1. The van der Waals surface area contributed by atoms with E-state index in [2.05, 4.69) is 21.7 Å². The second-order valence-electron chi connectivity index (χ2n) is 6.46. The van der Waals surface area contributed by atoms with Crippen LogP contribution in [-0.4, -0.2) is 40.2 Å². The second kappa shape index (κ2) is 5.94. The number of carboxylic acids is 1.